The van der Waals surface area contributed by atoms with Gasteiger partial charge in [0.1, 0.15) is 0 Å². The summed E-state index contributed by atoms with van der Waals surface area (Å²) in [7, 11) is 5.52. The lowest BCUT2D eigenvalue weighted by Crippen LogP contribution is -1.80. The molecular formula is C16H18S3. The van der Waals surface area contributed by atoms with Gasteiger partial charge >= 0.3 is 0 Å². The van der Waals surface area contributed by atoms with Crippen molar-refractivity contribution in [3.8, 4) is 0 Å². The molecule has 19 heavy (non-hydrogen) atoms. The van der Waals surface area contributed by atoms with Gasteiger partial charge in [-0.25, -0.2) is 0 Å². The van der Waals surface area contributed by atoms with E-state index in [1.807, 2.05) is 31.4 Å². The van der Waals surface area contributed by atoms with Crippen LogP contribution in [-0.2, 0) is 0 Å². The molecule has 0 saturated heterocycles. The average Bonchev–Trinajstić information content (AvgIpc) is 2.34. The molecule has 0 unspecified atom stereocenters. The highest BCUT2D eigenvalue weighted by Crippen LogP contribution is 2.46. The van der Waals surface area contributed by atoms with E-state index < -0.39 is 0 Å². The van der Waals surface area contributed by atoms with Gasteiger partial charge in [-0.2, -0.15) is 0 Å². The molecule has 2 aromatic carbocycles. The Balaban J connectivity index is 1.96. The van der Waals surface area contributed by atoms with Crippen molar-refractivity contribution in [3.63, 3.8) is 0 Å². The highest BCUT2D eigenvalue weighted by molar-refractivity contribution is 9.09. The van der Waals surface area contributed by atoms with Crippen molar-refractivity contribution in [1.82, 2.24) is 0 Å². The van der Waals surface area contributed by atoms with Crippen molar-refractivity contribution in [3.05, 3.63) is 58.7 Å². The lowest BCUT2D eigenvalue weighted by molar-refractivity contribution is 1.27. The van der Waals surface area contributed by atoms with E-state index in [1.165, 1.54) is 32.0 Å². The summed E-state index contributed by atoms with van der Waals surface area (Å²) in [5, 5.41) is 0. The Morgan fingerprint density at radius 1 is 0.632 bits per heavy atom. The van der Waals surface area contributed by atoms with Gasteiger partial charge in [0, 0.05) is 9.79 Å². The minimum atomic E-state index is 1.33. The Morgan fingerprint density at radius 2 is 1.05 bits per heavy atom. The number of hydrogen-bond acceptors (Lipinski definition) is 3. The van der Waals surface area contributed by atoms with Crippen LogP contribution >= 0.6 is 31.4 Å². The molecule has 0 nitrogen and oxygen atoms in total. The molecule has 3 heteroatoms. The fourth-order valence-corrected chi connectivity index (χ4v) is 5.97. The van der Waals surface area contributed by atoms with Crippen molar-refractivity contribution in [2.24, 2.45) is 0 Å². The predicted molar refractivity (Wildman–Crippen MR) is 91.1 cm³/mol. The molecule has 0 radical (unpaired) electrons. The van der Waals surface area contributed by atoms with Crippen molar-refractivity contribution in [1.29, 1.82) is 0 Å². The summed E-state index contributed by atoms with van der Waals surface area (Å²) in [6.45, 7) is 8.63. The van der Waals surface area contributed by atoms with E-state index in [4.69, 9.17) is 0 Å². The quantitative estimate of drug-likeness (QED) is 0.602. The number of aryl methyl sites for hydroxylation is 4. The van der Waals surface area contributed by atoms with Crippen molar-refractivity contribution >= 4 is 31.4 Å². The average molecular weight is 307 g/mol. The Kier molecular flexibility index (Phi) is 5.31. The van der Waals surface area contributed by atoms with Crippen LogP contribution < -0.4 is 0 Å². The monoisotopic (exact) mass is 306 g/mol. The van der Waals surface area contributed by atoms with Crippen LogP contribution in [-0.4, -0.2) is 0 Å². The second-order valence-corrected chi connectivity index (χ2v) is 8.75. The first-order chi connectivity index (χ1) is 9.06. The molecule has 0 saturated carbocycles. The summed E-state index contributed by atoms with van der Waals surface area (Å²) in [6, 6.07) is 13.3. The first kappa shape index (κ1) is 14.9. The fraction of sp³-hybridized carbons (Fsp3) is 0.250. The second kappa shape index (κ2) is 6.78. The Labute approximate surface area is 127 Å². The van der Waals surface area contributed by atoms with Crippen LogP contribution in [0.25, 0.3) is 0 Å². The molecular weight excluding hydrogens is 288 g/mol. The lowest BCUT2D eigenvalue weighted by Gasteiger charge is -2.07. The van der Waals surface area contributed by atoms with Crippen LogP contribution in [0, 0.1) is 27.7 Å². The molecule has 0 aliphatic heterocycles. The molecule has 100 valence electrons. The third-order valence-corrected chi connectivity index (χ3v) is 7.03. The van der Waals surface area contributed by atoms with Gasteiger partial charge in [0.25, 0.3) is 0 Å². The third-order valence-electron chi connectivity index (χ3n) is 2.91. The first-order valence-electron chi connectivity index (χ1n) is 6.22. The normalized spacial score (nSPS) is 10.7. The third kappa shape index (κ3) is 4.23. The van der Waals surface area contributed by atoms with E-state index in [1.54, 1.807) is 0 Å². The molecule has 2 aromatic rings. The van der Waals surface area contributed by atoms with Gasteiger partial charge in [-0.15, -0.1) is 0 Å². The zero-order valence-electron chi connectivity index (χ0n) is 11.7. The smallest absolute Gasteiger partial charge is 0.0220 e. The molecule has 0 aromatic heterocycles. The van der Waals surface area contributed by atoms with Gasteiger partial charge < -0.3 is 0 Å². The van der Waals surface area contributed by atoms with E-state index in [0.29, 0.717) is 0 Å². The Bertz CT molecular complexity index is 525. The maximum absolute atomic E-state index is 2.24. The lowest BCUT2D eigenvalue weighted by atomic mass is 10.2. The molecule has 2 rings (SSSR count). The van der Waals surface area contributed by atoms with Gasteiger partial charge in [0.05, 0.1) is 0 Å². The highest BCUT2D eigenvalue weighted by atomic mass is 33.5. The molecule has 0 heterocycles. The van der Waals surface area contributed by atoms with Gasteiger partial charge in [-0.05, 0) is 82.4 Å². The van der Waals surface area contributed by atoms with Crippen LogP contribution in [0.15, 0.2) is 46.2 Å². The second-order valence-electron chi connectivity index (χ2n) is 4.77. The Hall–Kier alpha value is -0.510. The molecule has 0 N–H and O–H groups in total. The zero-order valence-corrected chi connectivity index (χ0v) is 14.1. The van der Waals surface area contributed by atoms with Crippen LogP contribution in [0.2, 0.25) is 0 Å². The molecule has 0 bridgehead atoms. The minimum absolute atomic E-state index is 1.33. The fourth-order valence-electron chi connectivity index (χ4n) is 1.88. The number of benzene rings is 2. The highest BCUT2D eigenvalue weighted by Gasteiger charge is 2.03. The molecule has 0 amide bonds. The summed E-state index contributed by atoms with van der Waals surface area (Å²) in [6.07, 6.45) is 0. The zero-order chi connectivity index (χ0) is 13.8. The number of rotatable bonds is 4. The van der Waals surface area contributed by atoms with Crippen LogP contribution in [0.5, 0.6) is 0 Å². The largest absolute Gasteiger partial charge is 0.0582 e. The van der Waals surface area contributed by atoms with Gasteiger partial charge in [-0.1, -0.05) is 35.4 Å². The standard InChI is InChI=1S/C16H18S3/c1-11-5-7-15(13(3)9-11)17-19-18-16-8-6-12(2)10-14(16)4/h5-10H,1-4H3. The topological polar surface area (TPSA) is 0 Å². The minimum Gasteiger partial charge on any atom is -0.0582 e. The predicted octanol–water partition coefficient (Wildman–Crippen LogP) is 6.37. The first-order valence-corrected chi connectivity index (χ1v) is 9.70. The molecule has 0 aliphatic carbocycles. The van der Waals surface area contributed by atoms with E-state index in [9.17, 15) is 0 Å². The van der Waals surface area contributed by atoms with Gasteiger partial charge in [0.2, 0.25) is 0 Å². The molecule has 0 spiro atoms. The summed E-state index contributed by atoms with van der Waals surface area (Å²) >= 11 is 0. The SMILES string of the molecule is Cc1ccc(SSSc2ccc(C)cc2C)c(C)c1. The van der Waals surface area contributed by atoms with E-state index in [0.717, 1.165) is 0 Å². The van der Waals surface area contributed by atoms with Crippen LogP contribution in [0.3, 0.4) is 0 Å². The summed E-state index contributed by atoms with van der Waals surface area (Å²) in [4.78, 5) is 2.71. The van der Waals surface area contributed by atoms with Gasteiger partial charge in [0.15, 0.2) is 0 Å². The summed E-state index contributed by atoms with van der Waals surface area (Å²) in [5.41, 5.74) is 5.38. The van der Waals surface area contributed by atoms with Crippen molar-refractivity contribution in [2.45, 2.75) is 37.5 Å². The maximum Gasteiger partial charge on any atom is 0.0220 e. The van der Waals surface area contributed by atoms with Crippen LogP contribution in [0.1, 0.15) is 22.3 Å². The summed E-state index contributed by atoms with van der Waals surface area (Å²) in [5.74, 6) is 0. The molecule has 0 fully saturated rings. The summed E-state index contributed by atoms with van der Waals surface area (Å²) < 4.78 is 0. The van der Waals surface area contributed by atoms with E-state index in [2.05, 4.69) is 64.1 Å². The molecule has 0 atom stereocenters. The van der Waals surface area contributed by atoms with Crippen LogP contribution in [0.4, 0.5) is 0 Å². The van der Waals surface area contributed by atoms with E-state index >= 15 is 0 Å². The Morgan fingerprint density at radius 3 is 1.42 bits per heavy atom. The van der Waals surface area contributed by atoms with E-state index in [-0.39, 0.29) is 0 Å². The van der Waals surface area contributed by atoms with Gasteiger partial charge in [-0.3, -0.25) is 0 Å². The number of hydrogen-bond donors (Lipinski definition) is 0. The maximum atomic E-state index is 2.24. The molecule has 0 aliphatic rings. The van der Waals surface area contributed by atoms with Crippen molar-refractivity contribution < 1.29 is 0 Å². The van der Waals surface area contributed by atoms with Crippen molar-refractivity contribution in [2.75, 3.05) is 0 Å².